The van der Waals surface area contributed by atoms with Crippen LogP contribution in [-0.4, -0.2) is 23.2 Å². The summed E-state index contributed by atoms with van der Waals surface area (Å²) in [5, 5.41) is 12.8. The van der Waals surface area contributed by atoms with Crippen LogP contribution in [-0.2, 0) is 37.5 Å². The van der Waals surface area contributed by atoms with Crippen LogP contribution in [0, 0.1) is 13.0 Å². The number of rotatable bonds is 5. The van der Waals surface area contributed by atoms with E-state index in [2.05, 4.69) is 11.4 Å². The molecule has 0 saturated heterocycles. The second kappa shape index (κ2) is 19.1. The summed E-state index contributed by atoms with van der Waals surface area (Å²) in [5.74, 6) is 0.0935. The number of nitrogens with one attached hydrogen (secondary N) is 1. The van der Waals surface area contributed by atoms with Crippen LogP contribution in [0.2, 0.25) is 0 Å². The molecule has 0 unspecified atom stereocenters. The fourth-order valence-corrected chi connectivity index (χ4v) is 1.66. The number of amides is 1. The third kappa shape index (κ3) is 13.0. The van der Waals surface area contributed by atoms with Crippen molar-refractivity contribution >= 4 is 11.6 Å². The zero-order valence-electron chi connectivity index (χ0n) is 18.7. The van der Waals surface area contributed by atoms with Gasteiger partial charge in [0.05, 0.1) is 0 Å². The molecule has 0 aliphatic heterocycles. The molecule has 0 fully saturated rings. The van der Waals surface area contributed by atoms with Crippen LogP contribution in [0.1, 0.15) is 54.0 Å². The van der Waals surface area contributed by atoms with Crippen molar-refractivity contribution in [3.8, 4) is 5.75 Å². The van der Waals surface area contributed by atoms with Crippen LogP contribution >= 0.6 is 0 Å². The van der Waals surface area contributed by atoms with Crippen molar-refractivity contribution in [2.24, 2.45) is 0 Å². The second-order valence-corrected chi connectivity index (χ2v) is 5.12. The molecule has 1 amide bonds. The molecule has 1 radical (unpaired) electrons. The molecule has 5 heteroatoms. The average molecular weight is 463 g/mol. The Kier molecular flexibility index (Phi) is 21.5. The van der Waals surface area contributed by atoms with E-state index in [0.717, 1.165) is 5.56 Å². The third-order valence-corrected chi connectivity index (χ3v) is 2.99. The number of ether oxygens (including phenoxy) is 1. The molecule has 155 valence electrons. The summed E-state index contributed by atoms with van der Waals surface area (Å²) in [7, 11) is 0. The summed E-state index contributed by atoms with van der Waals surface area (Å²) in [6, 6.07) is 17.1. The van der Waals surface area contributed by atoms with Gasteiger partial charge in [0.15, 0.2) is 5.60 Å². The standard InChI is InChI=1S/C17H18NO3.3C2H6.Y/c1-13-8-10-15(11-9-13)21-12-17(2,20)16(19)18-14-6-4-3-5-7-14;3*1-2;/h3-4,6-11,20H,12H2,1-2H3,(H,18,19);3*1-2H3;/q-1;;;;/t17-;;;;/m0..../s1. The molecule has 2 aromatic carbocycles. The van der Waals surface area contributed by atoms with Crippen LogP contribution in [0.15, 0.2) is 48.5 Å². The quantitative estimate of drug-likeness (QED) is 0.565. The van der Waals surface area contributed by atoms with E-state index in [-0.39, 0.29) is 39.3 Å². The molecule has 0 aromatic heterocycles. The molecule has 1 atom stereocenters. The Bertz CT molecular complexity index is 599. The van der Waals surface area contributed by atoms with Gasteiger partial charge in [-0.05, 0) is 26.0 Å². The summed E-state index contributed by atoms with van der Waals surface area (Å²) >= 11 is 0. The number of anilines is 1. The molecule has 28 heavy (non-hydrogen) atoms. The Morgan fingerprint density at radius 2 is 1.61 bits per heavy atom. The number of hydrogen-bond acceptors (Lipinski definition) is 3. The van der Waals surface area contributed by atoms with Crippen molar-refractivity contribution < 1.29 is 47.3 Å². The molecular formula is C23H36NO3Y-. The van der Waals surface area contributed by atoms with Gasteiger partial charge < -0.3 is 15.2 Å². The second-order valence-electron chi connectivity index (χ2n) is 5.12. The van der Waals surface area contributed by atoms with E-state index in [1.165, 1.54) is 6.92 Å². The Labute approximate surface area is 197 Å². The minimum Gasteiger partial charge on any atom is -0.490 e. The zero-order valence-corrected chi connectivity index (χ0v) is 21.5. The smallest absolute Gasteiger partial charge is 0.248 e. The molecule has 0 aliphatic rings. The van der Waals surface area contributed by atoms with E-state index in [9.17, 15) is 9.90 Å². The predicted octanol–water partition coefficient (Wildman–Crippen LogP) is 5.64. The third-order valence-electron chi connectivity index (χ3n) is 2.99. The van der Waals surface area contributed by atoms with Crippen LogP contribution < -0.4 is 10.1 Å². The predicted molar refractivity (Wildman–Crippen MR) is 115 cm³/mol. The van der Waals surface area contributed by atoms with Gasteiger partial charge in [0.2, 0.25) is 5.91 Å². The molecule has 2 rings (SSSR count). The first-order valence-corrected chi connectivity index (χ1v) is 9.67. The number of hydrogen-bond donors (Lipinski definition) is 2. The van der Waals surface area contributed by atoms with Crippen molar-refractivity contribution in [2.75, 3.05) is 11.9 Å². The largest absolute Gasteiger partial charge is 0.490 e. The number of carbonyl (C=O) groups excluding carboxylic acids is 1. The monoisotopic (exact) mass is 463 g/mol. The number of benzene rings is 2. The number of aryl methyl sites for hydroxylation is 1. The molecule has 4 nitrogen and oxygen atoms in total. The number of carbonyl (C=O) groups is 1. The van der Waals surface area contributed by atoms with Crippen molar-refractivity contribution in [3.63, 3.8) is 0 Å². The maximum absolute atomic E-state index is 12.1. The molecule has 0 aliphatic carbocycles. The topological polar surface area (TPSA) is 58.6 Å². The minimum absolute atomic E-state index is 0. The molecule has 0 bridgehead atoms. The summed E-state index contributed by atoms with van der Waals surface area (Å²) in [4.78, 5) is 12.1. The van der Waals surface area contributed by atoms with Crippen LogP contribution in [0.4, 0.5) is 5.69 Å². The summed E-state index contributed by atoms with van der Waals surface area (Å²) in [6.45, 7) is 15.3. The van der Waals surface area contributed by atoms with Gasteiger partial charge in [0.1, 0.15) is 12.4 Å². The molecule has 0 saturated carbocycles. The first-order chi connectivity index (χ1) is 13.0. The van der Waals surface area contributed by atoms with Crippen LogP contribution in [0.3, 0.4) is 0 Å². The average Bonchev–Trinajstić information content (AvgIpc) is 2.73. The van der Waals surface area contributed by atoms with Crippen molar-refractivity contribution in [3.05, 3.63) is 60.2 Å². The molecular weight excluding hydrogens is 427 g/mol. The van der Waals surface area contributed by atoms with E-state index in [1.807, 2.05) is 60.6 Å². The molecule has 0 heterocycles. The van der Waals surface area contributed by atoms with Gasteiger partial charge in [-0.1, -0.05) is 64.9 Å². The number of aliphatic hydroxyl groups is 1. The van der Waals surface area contributed by atoms with Gasteiger partial charge in [0.25, 0.3) is 0 Å². The fraction of sp³-hybridized carbons (Fsp3) is 0.435. The van der Waals surface area contributed by atoms with Crippen LogP contribution in [0.25, 0.3) is 0 Å². The SMILES string of the molecule is CC.CC.CC.Cc1ccc(OC[C@](C)(O)C(=O)Nc2c[c-]ccc2)cc1.[Y]. The first kappa shape index (κ1) is 31.5. The van der Waals surface area contributed by atoms with Gasteiger partial charge >= 0.3 is 0 Å². The molecule has 2 N–H and O–H groups in total. The minimum atomic E-state index is -1.62. The van der Waals surface area contributed by atoms with Gasteiger partial charge in [-0.3, -0.25) is 4.79 Å². The Hall–Kier alpha value is -1.23. The van der Waals surface area contributed by atoms with Gasteiger partial charge in [-0.15, -0.1) is 6.07 Å². The van der Waals surface area contributed by atoms with Gasteiger partial charge in [-0.25, -0.2) is 0 Å². The molecule has 0 spiro atoms. The Balaban J connectivity index is -0.000000815. The van der Waals surface area contributed by atoms with Crippen molar-refractivity contribution in [1.82, 2.24) is 0 Å². The Morgan fingerprint density at radius 1 is 1.07 bits per heavy atom. The van der Waals surface area contributed by atoms with Gasteiger partial charge in [0, 0.05) is 32.7 Å². The van der Waals surface area contributed by atoms with E-state index in [1.54, 1.807) is 36.4 Å². The summed E-state index contributed by atoms with van der Waals surface area (Å²) in [5.41, 5.74) is 0.0751. The fourth-order valence-electron chi connectivity index (χ4n) is 1.66. The van der Waals surface area contributed by atoms with E-state index < -0.39 is 11.5 Å². The van der Waals surface area contributed by atoms with E-state index >= 15 is 0 Å². The van der Waals surface area contributed by atoms with E-state index in [4.69, 9.17) is 4.74 Å². The maximum Gasteiger partial charge on any atom is 0.248 e. The van der Waals surface area contributed by atoms with Gasteiger partial charge in [-0.2, -0.15) is 24.3 Å². The Morgan fingerprint density at radius 3 is 2.07 bits per heavy atom. The summed E-state index contributed by atoms with van der Waals surface area (Å²) < 4.78 is 5.47. The molecule has 2 aromatic rings. The summed E-state index contributed by atoms with van der Waals surface area (Å²) in [6.07, 6.45) is 0. The van der Waals surface area contributed by atoms with Crippen molar-refractivity contribution in [1.29, 1.82) is 0 Å². The van der Waals surface area contributed by atoms with Crippen LogP contribution in [0.5, 0.6) is 5.75 Å². The van der Waals surface area contributed by atoms with Crippen molar-refractivity contribution in [2.45, 2.75) is 61.0 Å². The first-order valence-electron chi connectivity index (χ1n) is 9.67. The van der Waals surface area contributed by atoms with E-state index in [0.29, 0.717) is 11.4 Å². The zero-order chi connectivity index (χ0) is 21.3. The normalized spacial score (nSPS) is 10.6. The maximum atomic E-state index is 12.1.